The van der Waals surface area contributed by atoms with E-state index in [1.165, 1.54) is 5.56 Å². The van der Waals surface area contributed by atoms with Crippen LogP contribution in [-0.4, -0.2) is 43.6 Å². The first kappa shape index (κ1) is 15.8. The molecule has 1 heterocycles. The van der Waals surface area contributed by atoms with Crippen molar-refractivity contribution in [2.75, 3.05) is 26.7 Å². The Morgan fingerprint density at radius 1 is 1.48 bits per heavy atom. The van der Waals surface area contributed by atoms with Crippen LogP contribution < -0.4 is 10.1 Å². The lowest BCUT2D eigenvalue weighted by Crippen LogP contribution is -2.51. The van der Waals surface area contributed by atoms with Gasteiger partial charge in [0.05, 0.1) is 7.11 Å². The molecule has 116 valence electrons. The van der Waals surface area contributed by atoms with Crippen LogP contribution >= 0.6 is 0 Å². The number of nitrogens with zero attached hydrogens (tertiary/aromatic N) is 1. The standard InChI is InChI=1S/C17H26N2O2/c1-13(10-15-6-4-5-7-16(15)21-3)11-17(20)19-9-8-18-14(2)12-19/h4-7,13-14,18H,8-12H2,1-3H3/t13-,14+/m0/s1. The number of ether oxygens (including phenoxy) is 1. The molecule has 2 rings (SSSR count). The highest BCUT2D eigenvalue weighted by molar-refractivity contribution is 5.76. The average Bonchev–Trinajstić information content (AvgIpc) is 2.47. The third kappa shape index (κ3) is 4.46. The zero-order chi connectivity index (χ0) is 15.2. The summed E-state index contributed by atoms with van der Waals surface area (Å²) in [5, 5.41) is 3.36. The minimum absolute atomic E-state index is 0.269. The molecule has 0 spiro atoms. The fraction of sp³-hybridized carbons (Fsp3) is 0.588. The Hall–Kier alpha value is -1.55. The third-order valence-electron chi connectivity index (χ3n) is 4.01. The molecule has 1 amide bonds. The Morgan fingerprint density at radius 2 is 2.24 bits per heavy atom. The molecule has 0 aromatic heterocycles. The molecule has 4 nitrogen and oxygen atoms in total. The van der Waals surface area contributed by atoms with Crippen molar-refractivity contribution < 1.29 is 9.53 Å². The summed E-state index contributed by atoms with van der Waals surface area (Å²) in [6.45, 7) is 6.80. The Labute approximate surface area is 127 Å². The molecule has 1 aromatic carbocycles. The normalized spacial score (nSPS) is 20.1. The molecule has 1 saturated heterocycles. The summed E-state index contributed by atoms with van der Waals surface area (Å²) < 4.78 is 5.38. The van der Waals surface area contributed by atoms with Gasteiger partial charge in [0.15, 0.2) is 0 Å². The number of para-hydroxylation sites is 1. The third-order valence-corrected chi connectivity index (χ3v) is 4.01. The molecule has 1 fully saturated rings. The Bertz CT molecular complexity index is 476. The first-order chi connectivity index (χ1) is 10.1. The molecule has 21 heavy (non-hydrogen) atoms. The van der Waals surface area contributed by atoms with E-state index in [2.05, 4.69) is 25.2 Å². The molecule has 0 aliphatic carbocycles. The van der Waals surface area contributed by atoms with Gasteiger partial charge in [-0.2, -0.15) is 0 Å². The molecule has 0 bridgehead atoms. The largest absolute Gasteiger partial charge is 0.496 e. The minimum atomic E-state index is 0.269. The molecular formula is C17H26N2O2. The molecular weight excluding hydrogens is 264 g/mol. The van der Waals surface area contributed by atoms with Gasteiger partial charge in [-0.1, -0.05) is 25.1 Å². The highest BCUT2D eigenvalue weighted by Gasteiger charge is 2.22. The molecule has 4 heteroatoms. The van der Waals surface area contributed by atoms with Crippen LogP contribution in [0.2, 0.25) is 0 Å². The van der Waals surface area contributed by atoms with E-state index < -0.39 is 0 Å². The summed E-state index contributed by atoms with van der Waals surface area (Å²) in [6, 6.07) is 8.44. The quantitative estimate of drug-likeness (QED) is 0.903. The highest BCUT2D eigenvalue weighted by atomic mass is 16.5. The van der Waals surface area contributed by atoms with Crippen LogP contribution in [0.15, 0.2) is 24.3 Å². The Morgan fingerprint density at radius 3 is 2.95 bits per heavy atom. The number of hydrogen-bond donors (Lipinski definition) is 1. The molecule has 0 unspecified atom stereocenters. The lowest BCUT2D eigenvalue weighted by Gasteiger charge is -2.32. The van der Waals surface area contributed by atoms with Gasteiger partial charge in [0.1, 0.15) is 5.75 Å². The zero-order valence-electron chi connectivity index (χ0n) is 13.3. The minimum Gasteiger partial charge on any atom is -0.496 e. The number of piperazine rings is 1. The van der Waals surface area contributed by atoms with Crippen molar-refractivity contribution in [2.45, 2.75) is 32.7 Å². The number of benzene rings is 1. The van der Waals surface area contributed by atoms with Gasteiger partial charge in [-0.3, -0.25) is 4.79 Å². The van der Waals surface area contributed by atoms with E-state index in [1.807, 2.05) is 23.1 Å². The van der Waals surface area contributed by atoms with Crippen LogP contribution in [0.5, 0.6) is 5.75 Å². The number of nitrogens with one attached hydrogen (secondary N) is 1. The Kier molecular flexibility index (Phi) is 5.62. The second kappa shape index (κ2) is 7.46. The van der Waals surface area contributed by atoms with Crippen LogP contribution in [0.1, 0.15) is 25.8 Å². The van der Waals surface area contributed by atoms with Gasteiger partial charge in [-0.05, 0) is 30.9 Å². The number of rotatable bonds is 5. The summed E-state index contributed by atoms with van der Waals surface area (Å²) >= 11 is 0. The summed E-state index contributed by atoms with van der Waals surface area (Å²) in [4.78, 5) is 14.4. The number of hydrogen-bond acceptors (Lipinski definition) is 3. The van der Waals surface area contributed by atoms with Crippen LogP contribution in [0.25, 0.3) is 0 Å². The van der Waals surface area contributed by atoms with E-state index in [1.54, 1.807) is 7.11 Å². The van der Waals surface area contributed by atoms with Crippen molar-refractivity contribution in [3.8, 4) is 5.75 Å². The van der Waals surface area contributed by atoms with Crippen molar-refractivity contribution in [1.29, 1.82) is 0 Å². The van der Waals surface area contributed by atoms with Crippen molar-refractivity contribution >= 4 is 5.91 Å². The summed E-state index contributed by atoms with van der Waals surface area (Å²) in [5.74, 6) is 1.50. The second-order valence-corrected chi connectivity index (χ2v) is 6.02. The molecule has 1 aliphatic rings. The number of amides is 1. The van der Waals surface area contributed by atoms with Gasteiger partial charge in [0.2, 0.25) is 5.91 Å². The lowest BCUT2D eigenvalue weighted by atomic mass is 9.96. The average molecular weight is 290 g/mol. The van der Waals surface area contributed by atoms with E-state index in [0.717, 1.165) is 31.8 Å². The SMILES string of the molecule is COc1ccccc1C[C@H](C)CC(=O)N1CCN[C@H](C)C1. The fourth-order valence-corrected chi connectivity index (χ4v) is 2.91. The first-order valence-electron chi connectivity index (χ1n) is 7.73. The number of carbonyl (C=O) groups is 1. The Balaban J connectivity index is 1.89. The maximum Gasteiger partial charge on any atom is 0.222 e. The van der Waals surface area contributed by atoms with E-state index in [4.69, 9.17) is 4.74 Å². The number of methoxy groups -OCH3 is 1. The predicted octanol–water partition coefficient (Wildman–Crippen LogP) is 2.08. The van der Waals surface area contributed by atoms with Crippen LogP contribution in [0.4, 0.5) is 0 Å². The fourth-order valence-electron chi connectivity index (χ4n) is 2.91. The van der Waals surface area contributed by atoms with Crippen molar-refractivity contribution in [3.63, 3.8) is 0 Å². The van der Waals surface area contributed by atoms with Gasteiger partial charge in [0.25, 0.3) is 0 Å². The van der Waals surface area contributed by atoms with Crippen molar-refractivity contribution in [1.82, 2.24) is 10.2 Å². The first-order valence-corrected chi connectivity index (χ1v) is 7.73. The second-order valence-electron chi connectivity index (χ2n) is 6.02. The van der Waals surface area contributed by atoms with E-state index in [0.29, 0.717) is 18.4 Å². The van der Waals surface area contributed by atoms with Crippen LogP contribution in [0.3, 0.4) is 0 Å². The smallest absolute Gasteiger partial charge is 0.222 e. The lowest BCUT2D eigenvalue weighted by molar-refractivity contribution is -0.133. The van der Waals surface area contributed by atoms with Gasteiger partial charge < -0.3 is 15.0 Å². The monoisotopic (exact) mass is 290 g/mol. The number of carbonyl (C=O) groups excluding carboxylic acids is 1. The summed E-state index contributed by atoms with van der Waals surface area (Å²) in [7, 11) is 1.69. The zero-order valence-corrected chi connectivity index (χ0v) is 13.3. The molecule has 1 aromatic rings. The van der Waals surface area contributed by atoms with E-state index in [9.17, 15) is 4.79 Å². The predicted molar refractivity (Wildman–Crippen MR) is 84.5 cm³/mol. The van der Waals surface area contributed by atoms with E-state index >= 15 is 0 Å². The van der Waals surface area contributed by atoms with Crippen LogP contribution in [-0.2, 0) is 11.2 Å². The van der Waals surface area contributed by atoms with Gasteiger partial charge in [0, 0.05) is 32.1 Å². The maximum atomic E-state index is 12.4. The molecule has 1 N–H and O–H groups in total. The topological polar surface area (TPSA) is 41.6 Å². The summed E-state index contributed by atoms with van der Waals surface area (Å²) in [5.41, 5.74) is 1.17. The molecule has 0 saturated carbocycles. The van der Waals surface area contributed by atoms with Gasteiger partial charge in [-0.25, -0.2) is 0 Å². The van der Waals surface area contributed by atoms with Gasteiger partial charge >= 0.3 is 0 Å². The van der Waals surface area contributed by atoms with Crippen LogP contribution in [0, 0.1) is 5.92 Å². The maximum absolute atomic E-state index is 12.4. The summed E-state index contributed by atoms with van der Waals surface area (Å²) in [6.07, 6.45) is 1.47. The molecule has 1 aliphatic heterocycles. The molecule has 0 radical (unpaired) electrons. The highest BCUT2D eigenvalue weighted by Crippen LogP contribution is 2.22. The van der Waals surface area contributed by atoms with Crippen molar-refractivity contribution in [2.24, 2.45) is 5.92 Å². The van der Waals surface area contributed by atoms with Crippen molar-refractivity contribution in [3.05, 3.63) is 29.8 Å². The van der Waals surface area contributed by atoms with E-state index in [-0.39, 0.29) is 5.91 Å². The van der Waals surface area contributed by atoms with Gasteiger partial charge in [-0.15, -0.1) is 0 Å². The molecule has 2 atom stereocenters.